The number of ketones is 3. The van der Waals surface area contributed by atoms with E-state index in [0.717, 1.165) is 42.8 Å². The zero-order valence-electron chi connectivity index (χ0n) is 25.3. The molecule has 1 aromatic rings. The zero-order valence-corrected chi connectivity index (χ0v) is 25.3. The van der Waals surface area contributed by atoms with Gasteiger partial charge in [-0.15, -0.1) is 0 Å². The topological polar surface area (TPSA) is 147 Å². The summed E-state index contributed by atoms with van der Waals surface area (Å²) in [6.45, 7) is 3.98. The molecule has 0 bridgehead atoms. The lowest BCUT2D eigenvalue weighted by molar-refractivity contribution is -0.131. The number of hydrogen-bond acceptors (Lipinski definition) is 7. The van der Waals surface area contributed by atoms with Gasteiger partial charge in [-0.25, -0.2) is 0 Å². The van der Waals surface area contributed by atoms with Crippen molar-refractivity contribution >= 4 is 22.9 Å². The maximum atomic E-state index is 13.4. The monoisotopic (exact) mass is 597 g/mol. The van der Waals surface area contributed by atoms with Crippen LogP contribution in [0.1, 0.15) is 82.6 Å². The van der Waals surface area contributed by atoms with Gasteiger partial charge in [0.2, 0.25) is 0 Å². The van der Waals surface area contributed by atoms with Gasteiger partial charge in [0.15, 0.2) is 5.78 Å². The minimum Gasteiger partial charge on any atom is -0.507 e. The summed E-state index contributed by atoms with van der Waals surface area (Å²) in [6.07, 6.45) is 18.1. The van der Waals surface area contributed by atoms with E-state index in [2.05, 4.69) is 41.4 Å². The molecule has 3 atom stereocenters. The molecule has 4 rings (SSSR count). The molecular formula is C35H51NO7. The standard InChI is InChI=1S/C35H45NO6.H2O.2H2/c1-24(39)18-33(41)31(23-38)28(14-17-37)19-26-20-30-29(12-13-32(40)35(30)34(42)21-26)27-9-5-3-2-4-8-25(10-11-27)22-36-15-6-7-16-36;;;/h2-5,10-13,26,28,31,37-38,40H,6-9,14-23H2,1H3;1H2;2*1H/b4-2-,5-3-,25-10+,27-11+;;;. The first-order valence-corrected chi connectivity index (χ1v) is 15.4. The highest BCUT2D eigenvalue weighted by molar-refractivity contribution is 6.02. The fraction of sp³-hybridized carbons (Fsp3) is 0.514. The van der Waals surface area contributed by atoms with Crippen LogP contribution in [-0.2, 0) is 16.0 Å². The number of allylic oxidation sites excluding steroid dienone is 7. The summed E-state index contributed by atoms with van der Waals surface area (Å²) in [7, 11) is 0. The van der Waals surface area contributed by atoms with Gasteiger partial charge in [-0.2, -0.15) is 0 Å². The minimum absolute atomic E-state index is 0. The highest BCUT2D eigenvalue weighted by Crippen LogP contribution is 2.40. The minimum atomic E-state index is -0.764. The molecule has 8 heteroatoms. The maximum absolute atomic E-state index is 13.4. The van der Waals surface area contributed by atoms with E-state index in [9.17, 15) is 29.7 Å². The zero-order chi connectivity index (χ0) is 30.1. The van der Waals surface area contributed by atoms with Crippen LogP contribution in [0.5, 0.6) is 5.75 Å². The van der Waals surface area contributed by atoms with Crippen LogP contribution in [-0.4, -0.2) is 75.9 Å². The molecule has 0 aromatic heterocycles. The second-order valence-corrected chi connectivity index (χ2v) is 12.1. The number of phenols is 1. The van der Waals surface area contributed by atoms with Crippen LogP contribution in [0, 0.1) is 17.8 Å². The predicted molar refractivity (Wildman–Crippen MR) is 172 cm³/mol. The van der Waals surface area contributed by atoms with Crippen LogP contribution in [0.2, 0.25) is 0 Å². The van der Waals surface area contributed by atoms with Gasteiger partial charge in [-0.3, -0.25) is 19.3 Å². The number of aromatic hydroxyl groups is 1. The number of aliphatic hydroxyl groups is 2. The molecular weight excluding hydrogens is 546 g/mol. The molecule has 0 saturated carbocycles. The molecule has 1 aliphatic heterocycles. The van der Waals surface area contributed by atoms with Gasteiger partial charge in [0.05, 0.1) is 18.6 Å². The third-order valence-corrected chi connectivity index (χ3v) is 8.87. The van der Waals surface area contributed by atoms with Crippen molar-refractivity contribution in [2.45, 2.75) is 64.7 Å². The van der Waals surface area contributed by atoms with Crippen molar-refractivity contribution in [3.63, 3.8) is 0 Å². The summed E-state index contributed by atoms with van der Waals surface area (Å²) in [5.41, 5.74) is 4.53. The Morgan fingerprint density at radius 1 is 1.05 bits per heavy atom. The van der Waals surface area contributed by atoms with Crippen LogP contribution in [0.4, 0.5) is 0 Å². The molecule has 8 nitrogen and oxygen atoms in total. The summed E-state index contributed by atoms with van der Waals surface area (Å²) >= 11 is 0. The second-order valence-electron chi connectivity index (χ2n) is 12.1. The molecule has 1 saturated heterocycles. The fourth-order valence-corrected chi connectivity index (χ4v) is 6.79. The number of benzene rings is 1. The van der Waals surface area contributed by atoms with Gasteiger partial charge in [0, 0.05) is 28.3 Å². The number of fused-ring (bicyclic) bond motifs is 1. The van der Waals surface area contributed by atoms with Crippen molar-refractivity contribution in [1.82, 2.24) is 4.90 Å². The van der Waals surface area contributed by atoms with E-state index in [0.29, 0.717) is 31.2 Å². The van der Waals surface area contributed by atoms with E-state index < -0.39 is 12.5 Å². The smallest absolute Gasteiger partial charge is 0.167 e. The van der Waals surface area contributed by atoms with Crippen molar-refractivity contribution in [1.29, 1.82) is 0 Å². The Hall–Kier alpha value is -3.17. The van der Waals surface area contributed by atoms with Crippen LogP contribution < -0.4 is 0 Å². The number of carbonyl (C=O) groups excluding carboxylic acids is 3. The Kier molecular flexibility index (Phi) is 13.3. The fourth-order valence-electron chi connectivity index (χ4n) is 6.79. The summed E-state index contributed by atoms with van der Waals surface area (Å²) in [5.74, 6) is -1.98. The van der Waals surface area contributed by atoms with E-state index in [1.165, 1.54) is 25.3 Å². The van der Waals surface area contributed by atoms with Gasteiger partial charge in [0.25, 0.3) is 0 Å². The van der Waals surface area contributed by atoms with Gasteiger partial charge >= 0.3 is 0 Å². The third-order valence-electron chi connectivity index (χ3n) is 8.87. The predicted octanol–water partition coefficient (Wildman–Crippen LogP) is 4.66. The van der Waals surface area contributed by atoms with Crippen LogP contribution in [0.3, 0.4) is 0 Å². The Morgan fingerprint density at radius 2 is 1.77 bits per heavy atom. The first-order chi connectivity index (χ1) is 20.3. The number of carbonyl (C=O) groups is 3. The molecule has 5 N–H and O–H groups in total. The SMILES string of the molecule is CC(=O)CC(=O)C(CO)C(CCO)CC1CC(=O)c2c(O)ccc(/C3=C/C=C(/CN4CCCC4)C/C=C\C=C/C3)c2C1.O.[HH].[HH]. The Labute approximate surface area is 257 Å². The molecule has 1 aromatic carbocycles. The molecule has 3 aliphatic rings. The molecule has 0 amide bonds. The first-order valence-electron chi connectivity index (χ1n) is 15.4. The molecule has 3 unspecified atom stereocenters. The average Bonchev–Trinajstić information content (AvgIpc) is 3.45. The number of aliphatic hydroxyl groups excluding tert-OH is 2. The van der Waals surface area contributed by atoms with E-state index in [-0.39, 0.29) is 62.7 Å². The van der Waals surface area contributed by atoms with E-state index >= 15 is 0 Å². The Bertz CT molecular complexity index is 1280. The van der Waals surface area contributed by atoms with Crippen molar-refractivity contribution in [3.05, 3.63) is 70.9 Å². The lowest BCUT2D eigenvalue weighted by Gasteiger charge is -2.32. The molecule has 2 aliphatic carbocycles. The summed E-state index contributed by atoms with van der Waals surface area (Å²) in [4.78, 5) is 40.3. The van der Waals surface area contributed by atoms with Crippen LogP contribution >= 0.6 is 0 Å². The van der Waals surface area contributed by atoms with Crippen molar-refractivity contribution < 1.29 is 38.0 Å². The largest absolute Gasteiger partial charge is 0.507 e. The normalized spacial score (nSPS) is 24.3. The van der Waals surface area contributed by atoms with Crippen molar-refractivity contribution in [3.8, 4) is 5.75 Å². The molecule has 238 valence electrons. The van der Waals surface area contributed by atoms with E-state index in [1.807, 2.05) is 6.07 Å². The summed E-state index contributed by atoms with van der Waals surface area (Å²) in [6, 6.07) is 3.51. The lowest BCUT2D eigenvalue weighted by atomic mass is 9.72. The number of rotatable bonds is 12. The van der Waals surface area contributed by atoms with Gasteiger partial charge in [-0.1, -0.05) is 48.1 Å². The van der Waals surface area contributed by atoms with Gasteiger partial charge in [0.1, 0.15) is 17.3 Å². The van der Waals surface area contributed by atoms with Gasteiger partial charge < -0.3 is 20.8 Å². The van der Waals surface area contributed by atoms with Crippen LogP contribution in [0.25, 0.3) is 5.57 Å². The Morgan fingerprint density at radius 3 is 2.44 bits per heavy atom. The van der Waals surface area contributed by atoms with Crippen molar-refractivity contribution in [2.24, 2.45) is 17.8 Å². The lowest BCUT2D eigenvalue weighted by Crippen LogP contribution is -2.32. The van der Waals surface area contributed by atoms with Crippen molar-refractivity contribution in [2.75, 3.05) is 32.8 Å². The molecule has 0 spiro atoms. The molecule has 43 heavy (non-hydrogen) atoms. The third kappa shape index (κ3) is 9.16. The second kappa shape index (κ2) is 16.6. The number of hydrogen-bond donors (Lipinski definition) is 3. The van der Waals surface area contributed by atoms with Crippen LogP contribution in [0.15, 0.2) is 54.2 Å². The van der Waals surface area contributed by atoms with E-state index in [4.69, 9.17) is 0 Å². The molecule has 0 radical (unpaired) electrons. The summed E-state index contributed by atoms with van der Waals surface area (Å²) in [5, 5.41) is 30.6. The average molecular weight is 598 g/mol. The molecule has 1 heterocycles. The number of likely N-dealkylation sites (tertiary alicyclic amines) is 1. The molecule has 1 fully saturated rings. The summed E-state index contributed by atoms with van der Waals surface area (Å²) < 4.78 is 0. The van der Waals surface area contributed by atoms with E-state index in [1.54, 1.807) is 6.07 Å². The highest BCUT2D eigenvalue weighted by atomic mass is 16.3. The first kappa shape index (κ1) is 34.3. The highest BCUT2D eigenvalue weighted by Gasteiger charge is 2.35. The Balaban J connectivity index is 0.00000337. The number of nitrogens with zero attached hydrogens (tertiary/aromatic N) is 1. The number of phenolic OH excluding ortho intramolecular Hbond substituents is 1. The number of Topliss-reactive ketones (excluding diaryl/α,β-unsaturated/α-hetero) is 3. The maximum Gasteiger partial charge on any atom is 0.167 e. The van der Waals surface area contributed by atoms with Gasteiger partial charge in [-0.05, 0) is 99.6 Å². The quantitative estimate of drug-likeness (QED) is 0.297.